The van der Waals surface area contributed by atoms with E-state index in [1.165, 1.54) is 12.1 Å². The second-order valence-electron chi connectivity index (χ2n) is 4.11. The Morgan fingerprint density at radius 2 is 2.37 bits per heavy atom. The number of hydrogen-bond acceptors (Lipinski definition) is 4. The number of nitrogens with one attached hydrogen (secondary N) is 1. The summed E-state index contributed by atoms with van der Waals surface area (Å²) in [5.41, 5.74) is 1.51. The zero-order valence-electron chi connectivity index (χ0n) is 10.3. The van der Waals surface area contributed by atoms with Crippen molar-refractivity contribution in [2.75, 3.05) is 0 Å². The van der Waals surface area contributed by atoms with E-state index in [0.717, 1.165) is 16.9 Å². The van der Waals surface area contributed by atoms with Gasteiger partial charge in [0.05, 0.1) is 5.69 Å². The first kappa shape index (κ1) is 13.6. The fraction of sp³-hybridized carbons (Fsp3) is 0.231. The highest BCUT2D eigenvalue weighted by Gasteiger charge is 2.10. The minimum atomic E-state index is -1.02. The molecule has 2 N–H and O–H groups in total. The van der Waals surface area contributed by atoms with Crippen molar-refractivity contribution in [2.24, 2.45) is 0 Å². The van der Waals surface area contributed by atoms with Crippen molar-refractivity contribution in [1.82, 2.24) is 10.3 Å². The van der Waals surface area contributed by atoms with Crippen LogP contribution < -0.4 is 5.32 Å². The highest BCUT2D eigenvalue weighted by atomic mass is 32.1. The predicted molar refractivity (Wildman–Crippen MR) is 70.7 cm³/mol. The summed E-state index contributed by atoms with van der Waals surface area (Å²) in [5, 5.41) is 13.7. The molecule has 0 saturated heterocycles. The summed E-state index contributed by atoms with van der Waals surface area (Å²) in [5.74, 6) is -1.29. The minimum absolute atomic E-state index is 0.0364. The van der Waals surface area contributed by atoms with Crippen molar-refractivity contribution >= 4 is 17.3 Å². The number of carboxylic acids is 1. The van der Waals surface area contributed by atoms with E-state index in [9.17, 15) is 9.18 Å². The van der Waals surface area contributed by atoms with Crippen LogP contribution in [-0.2, 0) is 6.54 Å². The molecule has 4 nitrogen and oxygen atoms in total. The van der Waals surface area contributed by atoms with Gasteiger partial charge in [0, 0.05) is 18.0 Å². The number of halogens is 1. The number of nitrogens with zero attached hydrogens (tertiary/aromatic N) is 1. The van der Waals surface area contributed by atoms with E-state index < -0.39 is 5.97 Å². The normalized spacial score (nSPS) is 12.3. The summed E-state index contributed by atoms with van der Waals surface area (Å²) in [6.07, 6.45) is 0. The Morgan fingerprint density at radius 3 is 3.00 bits per heavy atom. The van der Waals surface area contributed by atoms with Crippen LogP contribution >= 0.6 is 11.3 Å². The molecule has 19 heavy (non-hydrogen) atoms. The SMILES string of the molecule is CC(NCc1csc(C(=O)O)n1)c1cccc(F)c1. The molecule has 0 radical (unpaired) electrons. The highest BCUT2D eigenvalue weighted by molar-refractivity contribution is 7.11. The maximum absolute atomic E-state index is 13.1. The number of rotatable bonds is 5. The summed E-state index contributed by atoms with van der Waals surface area (Å²) in [6.45, 7) is 2.36. The van der Waals surface area contributed by atoms with E-state index in [1.54, 1.807) is 11.4 Å². The van der Waals surface area contributed by atoms with Crippen LogP contribution in [0.3, 0.4) is 0 Å². The number of aromatic carboxylic acids is 1. The summed E-state index contributed by atoms with van der Waals surface area (Å²) in [6, 6.07) is 6.33. The lowest BCUT2D eigenvalue weighted by atomic mass is 10.1. The number of carboxylic acid groups (broad SMARTS) is 1. The molecule has 0 aliphatic carbocycles. The van der Waals surface area contributed by atoms with Gasteiger partial charge in [0.25, 0.3) is 0 Å². The second-order valence-corrected chi connectivity index (χ2v) is 4.96. The van der Waals surface area contributed by atoms with Crippen LogP contribution in [-0.4, -0.2) is 16.1 Å². The van der Waals surface area contributed by atoms with Gasteiger partial charge in [-0.05, 0) is 24.6 Å². The van der Waals surface area contributed by atoms with Crippen LogP contribution in [0.25, 0.3) is 0 Å². The van der Waals surface area contributed by atoms with Gasteiger partial charge in [-0.1, -0.05) is 12.1 Å². The van der Waals surface area contributed by atoms with E-state index in [2.05, 4.69) is 10.3 Å². The average Bonchev–Trinajstić information content (AvgIpc) is 2.85. The van der Waals surface area contributed by atoms with Gasteiger partial charge >= 0.3 is 5.97 Å². The van der Waals surface area contributed by atoms with Crippen molar-refractivity contribution in [3.05, 3.63) is 51.7 Å². The van der Waals surface area contributed by atoms with Crippen molar-refractivity contribution in [3.63, 3.8) is 0 Å². The van der Waals surface area contributed by atoms with Gasteiger partial charge in [0.1, 0.15) is 5.82 Å². The van der Waals surface area contributed by atoms with E-state index in [1.807, 2.05) is 13.0 Å². The lowest BCUT2D eigenvalue weighted by Crippen LogP contribution is -2.18. The fourth-order valence-electron chi connectivity index (χ4n) is 1.64. The molecule has 0 amide bonds. The second kappa shape index (κ2) is 5.90. The summed E-state index contributed by atoms with van der Waals surface area (Å²) in [4.78, 5) is 14.7. The molecule has 0 aliphatic rings. The first-order chi connectivity index (χ1) is 9.06. The molecule has 1 unspecified atom stereocenters. The molecule has 0 fully saturated rings. The summed E-state index contributed by atoms with van der Waals surface area (Å²) >= 11 is 1.10. The van der Waals surface area contributed by atoms with Crippen LogP contribution in [0.2, 0.25) is 0 Å². The van der Waals surface area contributed by atoms with Crippen LogP contribution in [0.4, 0.5) is 4.39 Å². The third-order valence-corrected chi connectivity index (χ3v) is 3.55. The molecule has 0 bridgehead atoms. The summed E-state index contributed by atoms with van der Waals surface area (Å²) < 4.78 is 13.1. The van der Waals surface area contributed by atoms with E-state index in [0.29, 0.717) is 12.2 Å². The Hall–Kier alpha value is -1.79. The van der Waals surface area contributed by atoms with Crippen LogP contribution in [0.15, 0.2) is 29.6 Å². The lowest BCUT2D eigenvalue weighted by Gasteiger charge is -2.13. The Balaban J connectivity index is 1.96. The zero-order valence-corrected chi connectivity index (χ0v) is 11.1. The molecule has 0 aliphatic heterocycles. The zero-order chi connectivity index (χ0) is 13.8. The van der Waals surface area contributed by atoms with Crippen LogP contribution in [0.1, 0.15) is 34.0 Å². The third-order valence-electron chi connectivity index (χ3n) is 2.67. The standard InChI is InChI=1S/C13H13FN2O2S/c1-8(9-3-2-4-10(14)5-9)15-6-11-7-19-12(16-11)13(17)18/h2-5,7-8,15H,6H2,1H3,(H,17,18). The molecular weight excluding hydrogens is 267 g/mol. The monoisotopic (exact) mass is 280 g/mol. The molecule has 1 aromatic carbocycles. The maximum Gasteiger partial charge on any atom is 0.365 e. The van der Waals surface area contributed by atoms with Crippen molar-refractivity contribution in [1.29, 1.82) is 0 Å². The molecule has 1 aromatic heterocycles. The Kier molecular flexibility index (Phi) is 4.24. The molecule has 6 heteroatoms. The Morgan fingerprint density at radius 1 is 1.58 bits per heavy atom. The molecule has 0 spiro atoms. The molecule has 100 valence electrons. The van der Waals surface area contributed by atoms with Crippen LogP contribution in [0, 0.1) is 5.82 Å². The van der Waals surface area contributed by atoms with Crippen molar-refractivity contribution < 1.29 is 14.3 Å². The van der Waals surface area contributed by atoms with Gasteiger partial charge in [0.2, 0.25) is 5.01 Å². The van der Waals surface area contributed by atoms with Crippen molar-refractivity contribution in [3.8, 4) is 0 Å². The number of hydrogen-bond donors (Lipinski definition) is 2. The Labute approximate surface area is 113 Å². The lowest BCUT2D eigenvalue weighted by molar-refractivity contribution is 0.0696. The molecule has 2 rings (SSSR count). The van der Waals surface area contributed by atoms with Crippen molar-refractivity contribution in [2.45, 2.75) is 19.5 Å². The van der Waals surface area contributed by atoms with Gasteiger partial charge in [-0.2, -0.15) is 0 Å². The maximum atomic E-state index is 13.1. The molecule has 0 saturated carbocycles. The largest absolute Gasteiger partial charge is 0.476 e. The number of carbonyl (C=O) groups is 1. The van der Waals surface area contributed by atoms with Crippen LogP contribution in [0.5, 0.6) is 0 Å². The number of thiazole rings is 1. The van der Waals surface area contributed by atoms with E-state index in [4.69, 9.17) is 5.11 Å². The average molecular weight is 280 g/mol. The van der Waals surface area contributed by atoms with E-state index in [-0.39, 0.29) is 16.9 Å². The number of benzene rings is 1. The van der Waals surface area contributed by atoms with Gasteiger partial charge < -0.3 is 10.4 Å². The fourth-order valence-corrected chi connectivity index (χ4v) is 2.29. The van der Waals surface area contributed by atoms with Gasteiger partial charge in [-0.15, -0.1) is 11.3 Å². The minimum Gasteiger partial charge on any atom is -0.476 e. The summed E-state index contributed by atoms with van der Waals surface area (Å²) in [7, 11) is 0. The predicted octanol–water partition coefficient (Wildman–Crippen LogP) is 2.83. The highest BCUT2D eigenvalue weighted by Crippen LogP contribution is 2.15. The first-order valence-electron chi connectivity index (χ1n) is 5.73. The molecule has 2 aromatic rings. The third kappa shape index (κ3) is 3.59. The molecular formula is C13H13FN2O2S. The number of aromatic nitrogens is 1. The topological polar surface area (TPSA) is 62.2 Å². The van der Waals surface area contributed by atoms with Gasteiger partial charge in [-0.3, -0.25) is 0 Å². The smallest absolute Gasteiger partial charge is 0.365 e. The van der Waals surface area contributed by atoms with E-state index >= 15 is 0 Å². The molecule has 1 atom stereocenters. The van der Waals surface area contributed by atoms with Gasteiger partial charge in [0.15, 0.2) is 0 Å². The quantitative estimate of drug-likeness (QED) is 0.884. The van der Waals surface area contributed by atoms with Gasteiger partial charge in [-0.25, -0.2) is 14.2 Å². The molecule has 1 heterocycles. The Bertz CT molecular complexity index is 586. The first-order valence-corrected chi connectivity index (χ1v) is 6.61.